The Morgan fingerprint density at radius 2 is 1.90 bits per heavy atom. The van der Waals surface area contributed by atoms with E-state index >= 15 is 0 Å². The van der Waals surface area contributed by atoms with Gasteiger partial charge in [-0.25, -0.2) is 0 Å². The molecule has 0 aliphatic carbocycles. The van der Waals surface area contributed by atoms with Crippen LogP contribution in [0.5, 0.6) is 5.75 Å². The molecule has 0 aliphatic heterocycles. The molecule has 1 rings (SSSR count). The van der Waals surface area contributed by atoms with E-state index in [1.54, 1.807) is 32.9 Å². The summed E-state index contributed by atoms with van der Waals surface area (Å²) >= 11 is 0. The third kappa shape index (κ3) is 6.54. The lowest BCUT2D eigenvalue weighted by Crippen LogP contribution is -2.41. The largest absolute Gasteiger partial charge is 0.491 e. The van der Waals surface area contributed by atoms with Crippen molar-refractivity contribution in [2.45, 2.75) is 44.9 Å². The van der Waals surface area contributed by atoms with Crippen molar-refractivity contribution >= 4 is 5.97 Å². The predicted molar refractivity (Wildman–Crippen MR) is 76.4 cm³/mol. The summed E-state index contributed by atoms with van der Waals surface area (Å²) in [5.74, 6) is 0.222. The Morgan fingerprint density at radius 3 is 2.45 bits per heavy atom. The highest BCUT2D eigenvalue weighted by atomic mass is 16.6. The van der Waals surface area contributed by atoms with Gasteiger partial charge in [-0.05, 0) is 32.9 Å². The van der Waals surface area contributed by atoms with E-state index in [0.717, 1.165) is 0 Å². The molecule has 5 nitrogen and oxygen atoms in total. The summed E-state index contributed by atoms with van der Waals surface area (Å²) in [5.41, 5.74) is 5.22. The second kappa shape index (κ2) is 7.26. The van der Waals surface area contributed by atoms with Crippen molar-refractivity contribution in [2.75, 3.05) is 6.61 Å². The minimum Gasteiger partial charge on any atom is -0.491 e. The maximum absolute atomic E-state index is 11.6. The van der Waals surface area contributed by atoms with Crippen LogP contribution >= 0.6 is 0 Å². The molecule has 1 unspecified atom stereocenters. The summed E-state index contributed by atoms with van der Waals surface area (Å²) in [6, 6.07) is 8.40. The van der Waals surface area contributed by atoms with Gasteiger partial charge in [0, 0.05) is 6.04 Å². The number of aliphatic hydroxyl groups excluding tert-OH is 1. The van der Waals surface area contributed by atoms with E-state index in [9.17, 15) is 9.90 Å². The van der Waals surface area contributed by atoms with E-state index in [-0.39, 0.29) is 13.0 Å². The first-order valence-corrected chi connectivity index (χ1v) is 6.61. The topological polar surface area (TPSA) is 81.8 Å². The molecule has 1 aromatic carbocycles. The Hall–Kier alpha value is -1.59. The van der Waals surface area contributed by atoms with Crippen LogP contribution in [0.4, 0.5) is 0 Å². The third-order valence-electron chi connectivity index (χ3n) is 2.48. The second-order valence-corrected chi connectivity index (χ2v) is 5.65. The van der Waals surface area contributed by atoms with E-state index in [4.69, 9.17) is 15.2 Å². The van der Waals surface area contributed by atoms with Crippen LogP contribution in [-0.2, 0) is 9.53 Å². The Kier molecular flexibility index (Phi) is 5.98. The van der Waals surface area contributed by atoms with Crippen molar-refractivity contribution in [1.82, 2.24) is 0 Å². The lowest BCUT2D eigenvalue weighted by molar-refractivity contribution is -0.156. The van der Waals surface area contributed by atoms with Crippen LogP contribution in [0.15, 0.2) is 30.3 Å². The summed E-state index contributed by atoms with van der Waals surface area (Å²) in [6.07, 6.45) is -0.973. The first-order valence-electron chi connectivity index (χ1n) is 6.61. The third-order valence-corrected chi connectivity index (χ3v) is 2.48. The minimum atomic E-state index is -0.928. The van der Waals surface area contributed by atoms with E-state index in [2.05, 4.69) is 0 Å². The molecule has 5 heteroatoms. The Labute approximate surface area is 119 Å². The van der Waals surface area contributed by atoms with Crippen molar-refractivity contribution in [2.24, 2.45) is 5.73 Å². The number of hydrogen-bond acceptors (Lipinski definition) is 5. The quantitative estimate of drug-likeness (QED) is 0.772. The highest BCUT2D eigenvalue weighted by molar-refractivity contribution is 5.70. The smallest absolute Gasteiger partial charge is 0.307 e. The second-order valence-electron chi connectivity index (χ2n) is 5.65. The van der Waals surface area contributed by atoms with Gasteiger partial charge in [0.05, 0.1) is 6.42 Å². The van der Waals surface area contributed by atoms with E-state index in [1.165, 1.54) is 0 Å². The van der Waals surface area contributed by atoms with E-state index in [1.807, 2.05) is 18.2 Å². The molecule has 0 aromatic heterocycles. The van der Waals surface area contributed by atoms with Gasteiger partial charge in [-0.15, -0.1) is 0 Å². The van der Waals surface area contributed by atoms with Crippen LogP contribution in [0.25, 0.3) is 0 Å². The van der Waals surface area contributed by atoms with Crippen LogP contribution in [0.3, 0.4) is 0 Å². The SMILES string of the molecule is CC(C)(C)OC(=O)C[C@H](N)C(O)COc1ccccc1. The Morgan fingerprint density at radius 1 is 1.30 bits per heavy atom. The number of rotatable bonds is 6. The summed E-state index contributed by atoms with van der Waals surface area (Å²) < 4.78 is 10.5. The fourth-order valence-corrected chi connectivity index (χ4v) is 1.53. The lowest BCUT2D eigenvalue weighted by atomic mass is 10.1. The first-order chi connectivity index (χ1) is 9.28. The zero-order chi connectivity index (χ0) is 15.2. The van der Waals surface area contributed by atoms with Gasteiger partial charge in [0.25, 0.3) is 0 Å². The number of carbonyl (C=O) groups excluding carboxylic acids is 1. The van der Waals surface area contributed by atoms with Gasteiger partial charge in [-0.3, -0.25) is 4.79 Å². The van der Waals surface area contributed by atoms with Gasteiger partial charge < -0.3 is 20.3 Å². The molecule has 0 bridgehead atoms. The molecular weight excluding hydrogens is 258 g/mol. The van der Waals surface area contributed by atoms with Gasteiger partial charge >= 0.3 is 5.97 Å². The molecular formula is C15H23NO4. The molecule has 112 valence electrons. The zero-order valence-electron chi connectivity index (χ0n) is 12.2. The molecule has 0 saturated carbocycles. The number of para-hydroxylation sites is 1. The molecule has 0 spiro atoms. The zero-order valence-corrected chi connectivity index (χ0v) is 12.2. The van der Waals surface area contributed by atoms with Gasteiger partial charge in [0.2, 0.25) is 0 Å². The van der Waals surface area contributed by atoms with Gasteiger partial charge in [0.1, 0.15) is 24.1 Å². The molecule has 2 atom stereocenters. The van der Waals surface area contributed by atoms with Crippen molar-refractivity contribution in [3.63, 3.8) is 0 Å². The fourth-order valence-electron chi connectivity index (χ4n) is 1.53. The summed E-state index contributed by atoms with van der Waals surface area (Å²) in [4.78, 5) is 11.6. The van der Waals surface area contributed by atoms with Crippen LogP contribution in [0.2, 0.25) is 0 Å². The van der Waals surface area contributed by atoms with Gasteiger partial charge in [-0.1, -0.05) is 18.2 Å². The van der Waals surface area contributed by atoms with Crippen molar-refractivity contribution < 1.29 is 19.4 Å². The van der Waals surface area contributed by atoms with E-state index in [0.29, 0.717) is 5.75 Å². The minimum absolute atomic E-state index is 0.0357. The summed E-state index contributed by atoms with van der Waals surface area (Å²) in [5, 5.41) is 9.87. The fraction of sp³-hybridized carbons (Fsp3) is 0.533. The standard InChI is InChI=1S/C15H23NO4/c1-15(2,3)20-14(18)9-12(16)13(17)10-19-11-7-5-4-6-8-11/h4-8,12-13,17H,9-10,16H2,1-3H3/t12-,13?/m0/s1. The summed E-state index contributed by atoms with van der Waals surface area (Å²) in [6.45, 7) is 5.38. The van der Waals surface area contributed by atoms with Crippen LogP contribution in [0, 0.1) is 0 Å². The Bertz CT molecular complexity index is 414. The van der Waals surface area contributed by atoms with Crippen LogP contribution in [0.1, 0.15) is 27.2 Å². The Balaban J connectivity index is 2.35. The molecule has 20 heavy (non-hydrogen) atoms. The number of hydrogen-bond donors (Lipinski definition) is 2. The number of nitrogens with two attached hydrogens (primary N) is 1. The first kappa shape index (κ1) is 16.5. The average Bonchev–Trinajstić information content (AvgIpc) is 2.34. The van der Waals surface area contributed by atoms with Crippen molar-refractivity contribution in [3.05, 3.63) is 30.3 Å². The molecule has 1 aromatic rings. The number of carbonyl (C=O) groups is 1. The summed E-state index contributed by atoms with van der Waals surface area (Å²) in [7, 11) is 0. The van der Waals surface area contributed by atoms with Gasteiger partial charge in [0.15, 0.2) is 0 Å². The molecule has 0 aliphatic rings. The normalized spacial score (nSPS) is 14.4. The monoisotopic (exact) mass is 281 g/mol. The highest BCUT2D eigenvalue weighted by Crippen LogP contribution is 2.12. The maximum atomic E-state index is 11.6. The predicted octanol–water partition coefficient (Wildman–Crippen LogP) is 1.49. The number of esters is 1. The maximum Gasteiger partial charge on any atom is 0.307 e. The van der Waals surface area contributed by atoms with Crippen molar-refractivity contribution in [1.29, 1.82) is 0 Å². The van der Waals surface area contributed by atoms with Crippen molar-refractivity contribution in [3.8, 4) is 5.75 Å². The molecule has 0 fully saturated rings. The lowest BCUT2D eigenvalue weighted by Gasteiger charge is -2.23. The number of ether oxygens (including phenoxy) is 2. The molecule has 3 N–H and O–H groups in total. The number of benzene rings is 1. The van der Waals surface area contributed by atoms with Crippen LogP contribution < -0.4 is 10.5 Å². The molecule has 0 amide bonds. The van der Waals surface area contributed by atoms with Gasteiger partial charge in [-0.2, -0.15) is 0 Å². The molecule has 0 radical (unpaired) electrons. The highest BCUT2D eigenvalue weighted by Gasteiger charge is 2.23. The van der Waals surface area contributed by atoms with Crippen LogP contribution in [-0.4, -0.2) is 35.4 Å². The van der Waals surface area contributed by atoms with E-state index < -0.39 is 23.7 Å². The molecule has 0 saturated heterocycles. The average molecular weight is 281 g/mol. The molecule has 0 heterocycles. The number of aliphatic hydroxyl groups is 1.